The average molecular weight is 442 g/mol. The lowest BCUT2D eigenvalue weighted by Gasteiger charge is -2.27. The molecule has 9 heteroatoms. The molecule has 0 bridgehead atoms. The van der Waals surface area contributed by atoms with Gasteiger partial charge in [0.2, 0.25) is 10.0 Å². The van der Waals surface area contributed by atoms with Crippen LogP contribution in [-0.4, -0.2) is 29.8 Å². The Balaban J connectivity index is 1.77. The highest BCUT2D eigenvalue weighted by molar-refractivity contribution is 7.92. The van der Waals surface area contributed by atoms with Crippen molar-refractivity contribution >= 4 is 38.7 Å². The van der Waals surface area contributed by atoms with E-state index in [0.29, 0.717) is 10.8 Å². The molecule has 3 heterocycles. The summed E-state index contributed by atoms with van der Waals surface area (Å²) in [4.78, 5) is 10.0. The predicted octanol–water partition coefficient (Wildman–Crippen LogP) is 3.58. The number of pyridine rings is 1. The molecule has 2 atom stereocenters. The number of sulfonamides is 1. The number of nitrogens with one attached hydrogen (secondary N) is 3. The minimum atomic E-state index is -3.35. The molecule has 1 aliphatic rings. The molecule has 1 aromatic carbocycles. The number of benzene rings is 1. The van der Waals surface area contributed by atoms with E-state index in [2.05, 4.69) is 31.0 Å². The van der Waals surface area contributed by atoms with Gasteiger partial charge in [0.15, 0.2) is 5.11 Å². The number of hydrogen-bond acceptors (Lipinski definition) is 4. The Morgan fingerprint density at radius 1 is 1.13 bits per heavy atom. The van der Waals surface area contributed by atoms with Crippen LogP contribution >= 0.6 is 12.2 Å². The second kappa shape index (κ2) is 7.73. The Morgan fingerprint density at radius 3 is 2.53 bits per heavy atom. The first kappa shape index (κ1) is 20.4. The molecule has 1 saturated heterocycles. The van der Waals surface area contributed by atoms with Gasteiger partial charge in [-0.25, -0.2) is 8.42 Å². The second-order valence-corrected chi connectivity index (χ2v) is 9.60. The Kier molecular flexibility index (Phi) is 5.25. The molecular formula is C21H23N5O2S2. The van der Waals surface area contributed by atoms with Crippen LogP contribution in [0.4, 0.5) is 11.4 Å². The van der Waals surface area contributed by atoms with Crippen molar-refractivity contribution in [1.29, 1.82) is 0 Å². The number of thiocarbonyl (C=S) groups is 1. The second-order valence-electron chi connectivity index (χ2n) is 7.47. The third-order valence-corrected chi connectivity index (χ3v) is 5.96. The summed E-state index contributed by atoms with van der Waals surface area (Å²) in [6.07, 6.45) is 2.91. The van der Waals surface area contributed by atoms with Crippen LogP contribution in [-0.2, 0) is 10.0 Å². The molecule has 4 rings (SSSR count). The van der Waals surface area contributed by atoms with Gasteiger partial charge in [-0.2, -0.15) is 0 Å². The zero-order valence-electron chi connectivity index (χ0n) is 16.9. The van der Waals surface area contributed by atoms with Gasteiger partial charge in [0.1, 0.15) is 6.04 Å². The molecule has 1 aliphatic heterocycles. The fourth-order valence-corrected chi connectivity index (χ4v) is 4.73. The van der Waals surface area contributed by atoms with E-state index in [0.717, 1.165) is 34.6 Å². The van der Waals surface area contributed by atoms with Gasteiger partial charge in [0, 0.05) is 23.3 Å². The lowest BCUT2D eigenvalue weighted by atomic mass is 10.0. The lowest BCUT2D eigenvalue weighted by Crippen LogP contribution is -2.29. The van der Waals surface area contributed by atoms with Crippen molar-refractivity contribution in [2.75, 3.05) is 15.9 Å². The maximum atomic E-state index is 11.6. The van der Waals surface area contributed by atoms with Gasteiger partial charge in [-0.05, 0) is 74.1 Å². The average Bonchev–Trinajstić information content (AvgIpc) is 3.26. The number of H-pyrrole nitrogens is 1. The van der Waals surface area contributed by atoms with Gasteiger partial charge < -0.3 is 15.2 Å². The van der Waals surface area contributed by atoms with E-state index >= 15 is 0 Å². The summed E-state index contributed by atoms with van der Waals surface area (Å²) in [6.45, 7) is 3.88. The zero-order valence-corrected chi connectivity index (χ0v) is 18.5. The molecule has 3 N–H and O–H groups in total. The molecule has 2 aromatic heterocycles. The Labute approximate surface area is 181 Å². The number of hydrogen-bond donors (Lipinski definition) is 3. The van der Waals surface area contributed by atoms with Gasteiger partial charge in [-0.1, -0.05) is 6.07 Å². The maximum absolute atomic E-state index is 11.6. The van der Waals surface area contributed by atoms with Crippen LogP contribution in [0.25, 0.3) is 0 Å². The summed E-state index contributed by atoms with van der Waals surface area (Å²) in [7, 11) is -3.35. The normalized spacial score (nSPS) is 19.0. The number of rotatable bonds is 5. The van der Waals surface area contributed by atoms with Crippen molar-refractivity contribution in [2.45, 2.75) is 25.9 Å². The summed E-state index contributed by atoms with van der Waals surface area (Å²) in [5.41, 5.74) is 5.21. The molecule has 0 spiro atoms. The van der Waals surface area contributed by atoms with Crippen molar-refractivity contribution < 1.29 is 8.42 Å². The van der Waals surface area contributed by atoms with E-state index in [4.69, 9.17) is 12.2 Å². The van der Waals surface area contributed by atoms with Crippen LogP contribution in [0.15, 0.2) is 54.7 Å². The van der Waals surface area contributed by atoms with Gasteiger partial charge >= 0.3 is 0 Å². The van der Waals surface area contributed by atoms with Crippen LogP contribution < -0.4 is 14.9 Å². The molecule has 1 fully saturated rings. The minimum Gasteiger partial charge on any atom is -0.361 e. The largest absolute Gasteiger partial charge is 0.361 e. The summed E-state index contributed by atoms with van der Waals surface area (Å²) in [5.74, 6) is 0. The van der Waals surface area contributed by atoms with Crippen LogP contribution in [0.5, 0.6) is 0 Å². The Hall–Kier alpha value is -2.91. The molecule has 0 amide bonds. The molecule has 7 nitrogen and oxygen atoms in total. The SMILES string of the molecule is Cc1ccc([C@H]2[C@H](c3ccccn3)NC(=S)N2c2ccc(NS(C)(=O)=O)c(C)c2)[nH]1. The standard InChI is InChI=1S/C21H23N5O2S2/c1-13-12-15(8-10-16(13)25-30(3,27)28)26-20(18-9-7-14(2)23-18)19(24-21(26)29)17-6-4-5-11-22-17/h4-12,19-20,23,25H,1-3H3,(H,24,29)/t19-,20-/m0/s1. The number of nitrogens with zero attached hydrogens (tertiary/aromatic N) is 2. The summed E-state index contributed by atoms with van der Waals surface area (Å²) >= 11 is 5.71. The van der Waals surface area contributed by atoms with Gasteiger partial charge in [0.05, 0.1) is 23.7 Å². The third-order valence-electron chi connectivity index (χ3n) is 5.05. The van der Waals surface area contributed by atoms with E-state index in [1.807, 2.05) is 50.2 Å². The van der Waals surface area contributed by atoms with Crippen molar-refractivity contribution in [3.63, 3.8) is 0 Å². The van der Waals surface area contributed by atoms with E-state index < -0.39 is 10.0 Å². The fraction of sp³-hybridized carbons (Fsp3) is 0.238. The maximum Gasteiger partial charge on any atom is 0.229 e. The number of aromatic nitrogens is 2. The summed E-state index contributed by atoms with van der Waals surface area (Å²) in [5, 5.41) is 4.00. The molecule has 0 aliphatic carbocycles. The van der Waals surface area contributed by atoms with Crippen molar-refractivity contribution in [2.24, 2.45) is 0 Å². The molecule has 0 unspecified atom stereocenters. The van der Waals surface area contributed by atoms with Crippen molar-refractivity contribution in [3.05, 3.63) is 77.4 Å². The molecule has 30 heavy (non-hydrogen) atoms. The predicted molar refractivity (Wildman–Crippen MR) is 123 cm³/mol. The molecule has 0 radical (unpaired) electrons. The minimum absolute atomic E-state index is 0.130. The third kappa shape index (κ3) is 4.03. The van der Waals surface area contributed by atoms with Gasteiger partial charge in [0.25, 0.3) is 0 Å². The van der Waals surface area contributed by atoms with Crippen LogP contribution in [0.1, 0.15) is 34.7 Å². The molecule has 156 valence electrons. The van der Waals surface area contributed by atoms with E-state index in [1.54, 1.807) is 12.3 Å². The van der Waals surface area contributed by atoms with E-state index in [1.165, 1.54) is 0 Å². The van der Waals surface area contributed by atoms with Crippen LogP contribution in [0.3, 0.4) is 0 Å². The monoisotopic (exact) mass is 441 g/mol. The summed E-state index contributed by atoms with van der Waals surface area (Å²) in [6, 6.07) is 15.2. The van der Waals surface area contributed by atoms with E-state index in [-0.39, 0.29) is 12.1 Å². The number of aromatic amines is 1. The number of anilines is 2. The zero-order chi connectivity index (χ0) is 21.5. The highest BCUT2D eigenvalue weighted by atomic mass is 32.2. The van der Waals surface area contributed by atoms with Crippen LogP contribution in [0.2, 0.25) is 0 Å². The first-order chi connectivity index (χ1) is 14.2. The van der Waals surface area contributed by atoms with Crippen molar-refractivity contribution in [3.8, 4) is 0 Å². The molecule has 0 saturated carbocycles. The quantitative estimate of drug-likeness (QED) is 0.525. The number of aryl methyl sites for hydroxylation is 2. The molecular weight excluding hydrogens is 418 g/mol. The molecule has 3 aromatic rings. The summed E-state index contributed by atoms with van der Waals surface area (Å²) < 4.78 is 25.8. The fourth-order valence-electron chi connectivity index (χ4n) is 3.76. The Bertz CT molecular complexity index is 1190. The van der Waals surface area contributed by atoms with E-state index in [9.17, 15) is 8.42 Å². The smallest absolute Gasteiger partial charge is 0.229 e. The highest BCUT2D eigenvalue weighted by Crippen LogP contribution is 2.41. The first-order valence-corrected chi connectivity index (χ1v) is 11.8. The van der Waals surface area contributed by atoms with Crippen molar-refractivity contribution in [1.82, 2.24) is 15.3 Å². The Morgan fingerprint density at radius 2 is 1.93 bits per heavy atom. The topological polar surface area (TPSA) is 90.1 Å². The first-order valence-electron chi connectivity index (χ1n) is 9.47. The highest BCUT2D eigenvalue weighted by Gasteiger charge is 2.41. The lowest BCUT2D eigenvalue weighted by molar-refractivity contribution is 0.558. The van der Waals surface area contributed by atoms with Crippen LogP contribution in [0, 0.1) is 13.8 Å². The van der Waals surface area contributed by atoms with Gasteiger partial charge in [-0.3, -0.25) is 9.71 Å². The van der Waals surface area contributed by atoms with Gasteiger partial charge in [-0.15, -0.1) is 0 Å².